The van der Waals surface area contributed by atoms with Gasteiger partial charge in [-0.1, -0.05) is 24.3 Å². The fraction of sp³-hybridized carbons (Fsp3) is 0.0909. The van der Waals surface area contributed by atoms with Crippen LogP contribution in [-0.4, -0.2) is 16.9 Å². The van der Waals surface area contributed by atoms with E-state index in [4.69, 9.17) is 5.11 Å². The molecule has 0 bridgehead atoms. The van der Waals surface area contributed by atoms with Crippen LogP contribution in [-0.2, 0) is 4.79 Å². The maximum atomic E-state index is 11.4. The highest BCUT2D eigenvalue weighted by Gasteiger charge is 2.21. The minimum Gasteiger partial charge on any atom is -0.481 e. The van der Waals surface area contributed by atoms with Crippen molar-refractivity contribution in [2.45, 2.75) is 6.42 Å². The highest BCUT2D eigenvalue weighted by atomic mass is 16.4. The second-order valence-corrected chi connectivity index (χ2v) is 3.15. The molecule has 2 rings (SSSR count). The Morgan fingerprint density at radius 3 is 2.50 bits per heavy atom. The van der Waals surface area contributed by atoms with Crippen molar-refractivity contribution in [3.63, 3.8) is 0 Å². The molecule has 1 aromatic carbocycles. The third-order valence-corrected chi connectivity index (χ3v) is 2.19. The molecule has 0 fully saturated rings. The largest absolute Gasteiger partial charge is 0.481 e. The molecule has 1 aliphatic rings. The van der Waals surface area contributed by atoms with Crippen LogP contribution in [0, 0.1) is 0 Å². The number of carbonyl (C=O) groups is 2. The van der Waals surface area contributed by atoms with Crippen molar-refractivity contribution in [1.29, 1.82) is 0 Å². The molecule has 0 aliphatic heterocycles. The summed E-state index contributed by atoms with van der Waals surface area (Å²) in [5, 5.41) is 8.63. The molecule has 1 N–H and O–H groups in total. The van der Waals surface area contributed by atoms with Crippen molar-refractivity contribution in [3.8, 4) is 0 Å². The predicted octanol–water partition coefficient (Wildman–Crippen LogP) is 1.74. The van der Waals surface area contributed by atoms with Crippen molar-refractivity contribution in [2.75, 3.05) is 0 Å². The molecule has 1 aliphatic carbocycles. The van der Waals surface area contributed by atoms with E-state index in [2.05, 4.69) is 0 Å². The summed E-state index contributed by atoms with van der Waals surface area (Å²) in [6.45, 7) is 0. The molecule has 0 amide bonds. The van der Waals surface area contributed by atoms with Gasteiger partial charge in [0, 0.05) is 5.56 Å². The van der Waals surface area contributed by atoms with E-state index in [0.717, 1.165) is 5.56 Å². The molecule has 1 aromatic rings. The van der Waals surface area contributed by atoms with E-state index in [1.54, 1.807) is 24.3 Å². The lowest BCUT2D eigenvalue weighted by molar-refractivity contribution is -0.135. The Hall–Kier alpha value is -1.90. The standard InChI is InChI=1S/C11H8O3/c12-10-5-7(6-11(13)14)8-3-1-2-4-9(8)10/h1-5H,6H2,(H,13,14). The van der Waals surface area contributed by atoms with E-state index >= 15 is 0 Å². The smallest absolute Gasteiger partial charge is 0.307 e. The van der Waals surface area contributed by atoms with Gasteiger partial charge in [0.2, 0.25) is 0 Å². The Morgan fingerprint density at radius 1 is 1.21 bits per heavy atom. The summed E-state index contributed by atoms with van der Waals surface area (Å²) in [5.74, 6) is -1.02. The first-order chi connectivity index (χ1) is 6.68. The van der Waals surface area contributed by atoms with Crippen molar-refractivity contribution in [2.24, 2.45) is 0 Å². The van der Waals surface area contributed by atoms with Crippen molar-refractivity contribution >= 4 is 17.3 Å². The summed E-state index contributed by atoms with van der Waals surface area (Å²) in [6, 6.07) is 7.05. The van der Waals surface area contributed by atoms with Crippen LogP contribution in [0.5, 0.6) is 0 Å². The van der Waals surface area contributed by atoms with Gasteiger partial charge in [-0.05, 0) is 17.2 Å². The van der Waals surface area contributed by atoms with Gasteiger partial charge in [-0.25, -0.2) is 0 Å². The lowest BCUT2D eigenvalue weighted by atomic mass is 10.0. The van der Waals surface area contributed by atoms with E-state index in [0.29, 0.717) is 11.1 Å². The quantitative estimate of drug-likeness (QED) is 0.769. The zero-order valence-corrected chi connectivity index (χ0v) is 7.36. The molecule has 0 heterocycles. The highest BCUT2D eigenvalue weighted by Crippen LogP contribution is 2.29. The Morgan fingerprint density at radius 2 is 1.86 bits per heavy atom. The number of carbonyl (C=O) groups excluding carboxylic acids is 1. The number of benzene rings is 1. The summed E-state index contributed by atoms with van der Waals surface area (Å²) in [4.78, 5) is 21.9. The lowest BCUT2D eigenvalue weighted by Crippen LogP contribution is -1.95. The number of hydrogen-bond donors (Lipinski definition) is 1. The van der Waals surface area contributed by atoms with E-state index in [-0.39, 0.29) is 12.2 Å². The molecule has 0 aromatic heterocycles. The summed E-state index contributed by atoms with van der Waals surface area (Å²) in [7, 11) is 0. The number of carboxylic acid groups (broad SMARTS) is 1. The van der Waals surface area contributed by atoms with E-state index in [1.165, 1.54) is 6.08 Å². The lowest BCUT2D eigenvalue weighted by Gasteiger charge is -2.00. The van der Waals surface area contributed by atoms with Gasteiger partial charge in [0.1, 0.15) is 0 Å². The maximum Gasteiger partial charge on any atom is 0.307 e. The molecule has 0 unspecified atom stereocenters. The van der Waals surface area contributed by atoms with Gasteiger partial charge in [-0.3, -0.25) is 9.59 Å². The molecule has 3 nitrogen and oxygen atoms in total. The number of hydrogen-bond acceptors (Lipinski definition) is 2. The normalized spacial score (nSPS) is 13.7. The fourth-order valence-electron chi connectivity index (χ4n) is 1.60. The van der Waals surface area contributed by atoms with Crippen LogP contribution < -0.4 is 0 Å². The first kappa shape index (κ1) is 8.69. The average Bonchev–Trinajstić information content (AvgIpc) is 2.44. The van der Waals surface area contributed by atoms with Crippen LogP contribution in [0.4, 0.5) is 0 Å². The number of carboxylic acids is 1. The molecular formula is C11H8O3. The average molecular weight is 188 g/mol. The second-order valence-electron chi connectivity index (χ2n) is 3.15. The molecule has 0 saturated heterocycles. The fourth-order valence-corrected chi connectivity index (χ4v) is 1.60. The first-order valence-electron chi connectivity index (χ1n) is 4.24. The SMILES string of the molecule is O=C(O)CC1=CC(=O)c2ccccc21. The third kappa shape index (κ3) is 1.33. The number of rotatable bonds is 2. The van der Waals surface area contributed by atoms with Crippen molar-refractivity contribution in [1.82, 2.24) is 0 Å². The molecule has 70 valence electrons. The maximum absolute atomic E-state index is 11.4. The summed E-state index contributed by atoms with van der Waals surface area (Å²) in [6.07, 6.45) is 1.31. The monoisotopic (exact) mass is 188 g/mol. The molecular weight excluding hydrogens is 180 g/mol. The van der Waals surface area contributed by atoms with Gasteiger partial charge in [0.05, 0.1) is 6.42 Å². The van der Waals surface area contributed by atoms with Gasteiger partial charge in [0.15, 0.2) is 5.78 Å². The topological polar surface area (TPSA) is 54.4 Å². The third-order valence-electron chi connectivity index (χ3n) is 2.19. The summed E-state index contributed by atoms with van der Waals surface area (Å²) in [5.41, 5.74) is 1.95. The number of fused-ring (bicyclic) bond motifs is 1. The predicted molar refractivity (Wildman–Crippen MR) is 51.0 cm³/mol. The van der Waals surface area contributed by atoms with E-state index in [1.807, 2.05) is 0 Å². The first-order valence-corrected chi connectivity index (χ1v) is 4.24. The van der Waals surface area contributed by atoms with E-state index in [9.17, 15) is 9.59 Å². The summed E-state index contributed by atoms with van der Waals surface area (Å²) >= 11 is 0. The number of ketones is 1. The second kappa shape index (κ2) is 3.10. The van der Waals surface area contributed by atoms with E-state index < -0.39 is 5.97 Å². The Labute approximate surface area is 80.7 Å². The molecule has 14 heavy (non-hydrogen) atoms. The van der Waals surface area contributed by atoms with Crippen molar-refractivity contribution < 1.29 is 14.7 Å². The van der Waals surface area contributed by atoms with Crippen LogP contribution in [0.15, 0.2) is 30.3 Å². The van der Waals surface area contributed by atoms with Gasteiger partial charge in [0.25, 0.3) is 0 Å². The molecule has 0 spiro atoms. The van der Waals surface area contributed by atoms with Crippen LogP contribution in [0.1, 0.15) is 22.3 Å². The summed E-state index contributed by atoms with van der Waals surface area (Å²) < 4.78 is 0. The van der Waals surface area contributed by atoms with Crippen LogP contribution in [0.2, 0.25) is 0 Å². The number of aliphatic carboxylic acids is 1. The number of allylic oxidation sites excluding steroid dienone is 1. The highest BCUT2D eigenvalue weighted by molar-refractivity contribution is 6.17. The van der Waals surface area contributed by atoms with Crippen LogP contribution >= 0.6 is 0 Å². The van der Waals surface area contributed by atoms with Gasteiger partial charge < -0.3 is 5.11 Å². The molecule has 0 saturated carbocycles. The minimum absolute atomic E-state index is 0.0945. The van der Waals surface area contributed by atoms with Crippen LogP contribution in [0.25, 0.3) is 5.57 Å². The molecule has 0 radical (unpaired) electrons. The van der Waals surface area contributed by atoms with Gasteiger partial charge in [-0.2, -0.15) is 0 Å². The van der Waals surface area contributed by atoms with Gasteiger partial charge >= 0.3 is 5.97 Å². The van der Waals surface area contributed by atoms with Crippen molar-refractivity contribution in [3.05, 3.63) is 41.5 Å². The Kier molecular flexibility index (Phi) is 1.93. The Balaban J connectivity index is 2.43. The van der Waals surface area contributed by atoms with Crippen LogP contribution in [0.3, 0.4) is 0 Å². The molecule has 0 atom stereocenters. The molecule has 3 heteroatoms. The zero-order chi connectivity index (χ0) is 10.1. The minimum atomic E-state index is -0.916. The van der Waals surface area contributed by atoms with Gasteiger partial charge in [-0.15, -0.1) is 0 Å². The zero-order valence-electron chi connectivity index (χ0n) is 7.36. The Bertz CT molecular complexity index is 444.